The van der Waals surface area contributed by atoms with Crippen molar-refractivity contribution in [1.82, 2.24) is 14.5 Å². The van der Waals surface area contributed by atoms with Crippen molar-refractivity contribution in [2.24, 2.45) is 0 Å². The average Bonchev–Trinajstić information content (AvgIpc) is 3.23. The molecule has 3 rings (SSSR count). The third kappa shape index (κ3) is 7.98. The van der Waals surface area contributed by atoms with Gasteiger partial charge in [-0.1, -0.05) is 32.0 Å². The molecule has 5 nitrogen and oxygen atoms in total. The maximum atomic E-state index is 13.4. The van der Waals surface area contributed by atoms with E-state index in [-0.39, 0.29) is 0 Å². The van der Waals surface area contributed by atoms with Crippen LogP contribution < -0.4 is 0 Å². The van der Waals surface area contributed by atoms with Crippen LogP contribution in [0.5, 0.6) is 0 Å². The highest BCUT2D eigenvalue weighted by molar-refractivity contribution is 5.82. The Morgan fingerprint density at radius 2 is 1.60 bits per heavy atom. The Bertz CT molecular complexity index is 1090. The summed E-state index contributed by atoms with van der Waals surface area (Å²) in [4.78, 5) is 15.5. The van der Waals surface area contributed by atoms with Crippen molar-refractivity contribution in [3.05, 3.63) is 59.9 Å². The Morgan fingerprint density at radius 1 is 1.00 bits per heavy atom. The summed E-state index contributed by atoms with van der Waals surface area (Å²) in [7, 11) is 0. The summed E-state index contributed by atoms with van der Waals surface area (Å²) in [5, 5.41) is 7.12. The summed E-state index contributed by atoms with van der Waals surface area (Å²) >= 11 is 0. The third-order valence-corrected chi connectivity index (χ3v) is 5.39. The quantitative estimate of drug-likeness (QED) is 0.288. The predicted molar refractivity (Wildman–Crippen MR) is 120 cm³/mol. The number of para-hydroxylation sites is 1. The number of aliphatic carboxylic acids is 1. The molecule has 11 heteroatoms. The number of imidazole rings is 1. The Kier molecular flexibility index (Phi) is 9.70. The fourth-order valence-corrected chi connectivity index (χ4v) is 3.56. The molecule has 0 saturated heterocycles. The Labute approximate surface area is 199 Å². The van der Waals surface area contributed by atoms with Gasteiger partial charge in [0.25, 0.3) is 0 Å². The highest BCUT2D eigenvalue weighted by Gasteiger charge is 2.38. The van der Waals surface area contributed by atoms with Crippen LogP contribution in [-0.4, -0.2) is 51.3 Å². The highest BCUT2D eigenvalue weighted by Crippen LogP contribution is 2.34. The van der Waals surface area contributed by atoms with Gasteiger partial charge in [-0.05, 0) is 68.7 Å². The zero-order valence-corrected chi connectivity index (χ0v) is 19.3. The maximum Gasteiger partial charge on any atom is 0.490 e. The van der Waals surface area contributed by atoms with Crippen molar-refractivity contribution in [2.75, 3.05) is 19.6 Å². The summed E-state index contributed by atoms with van der Waals surface area (Å²) in [5.41, 5.74) is 2.12. The minimum absolute atomic E-state index is 0.387. The first kappa shape index (κ1) is 28.2. The molecule has 0 fully saturated rings. The van der Waals surface area contributed by atoms with Gasteiger partial charge in [0.05, 0.1) is 16.6 Å². The van der Waals surface area contributed by atoms with Gasteiger partial charge in [-0.2, -0.15) is 26.3 Å². The number of unbranched alkanes of at least 4 members (excludes halogenated alkanes) is 1. The van der Waals surface area contributed by atoms with E-state index in [1.807, 2.05) is 34.9 Å². The number of aromatic nitrogens is 2. The lowest BCUT2D eigenvalue weighted by Gasteiger charge is -2.18. The van der Waals surface area contributed by atoms with Gasteiger partial charge < -0.3 is 10.0 Å². The molecule has 0 aliphatic heterocycles. The second kappa shape index (κ2) is 12.1. The normalized spacial score (nSPS) is 12.0. The van der Waals surface area contributed by atoms with Crippen LogP contribution in [0.25, 0.3) is 16.7 Å². The van der Waals surface area contributed by atoms with E-state index < -0.39 is 23.9 Å². The molecule has 35 heavy (non-hydrogen) atoms. The molecule has 1 aromatic heterocycles. The van der Waals surface area contributed by atoms with E-state index in [2.05, 4.69) is 23.7 Å². The average molecular weight is 503 g/mol. The second-order valence-corrected chi connectivity index (χ2v) is 7.74. The lowest BCUT2D eigenvalue weighted by atomic mass is 10.0. The number of carboxylic acids is 1. The largest absolute Gasteiger partial charge is 0.490 e. The predicted octanol–water partition coefficient (Wildman–Crippen LogP) is 6.34. The first-order valence-corrected chi connectivity index (χ1v) is 11.0. The Balaban J connectivity index is 0.000000540. The monoisotopic (exact) mass is 503 g/mol. The van der Waals surface area contributed by atoms with Gasteiger partial charge in [-0.15, -0.1) is 0 Å². The molecule has 0 spiro atoms. The summed E-state index contributed by atoms with van der Waals surface area (Å²) in [6, 6.07) is 12.0. The van der Waals surface area contributed by atoms with Gasteiger partial charge in [0.15, 0.2) is 0 Å². The fourth-order valence-electron chi connectivity index (χ4n) is 3.56. The van der Waals surface area contributed by atoms with Crippen LogP contribution in [0.3, 0.4) is 0 Å². The number of hydrogen-bond acceptors (Lipinski definition) is 3. The summed E-state index contributed by atoms with van der Waals surface area (Å²) in [5.74, 6) is -2.76. The van der Waals surface area contributed by atoms with Crippen LogP contribution in [0.1, 0.15) is 37.8 Å². The van der Waals surface area contributed by atoms with Gasteiger partial charge in [0.1, 0.15) is 6.33 Å². The van der Waals surface area contributed by atoms with Crippen molar-refractivity contribution in [1.29, 1.82) is 0 Å². The standard InChI is InChI=1S/C22H26F3N3.C2HF3O2/c1-3-27(4-2)13-9-8-10-17-14-18(22(23,24)25)15-20-21(17)28(16-26-20)19-11-6-5-7-12-19;3-2(4,5)1(6)7/h5-7,11-12,14-16H,3-4,8-10,13H2,1-2H3;(H,6,7). The summed E-state index contributed by atoms with van der Waals surface area (Å²) < 4.78 is 73.7. The minimum atomic E-state index is -5.08. The first-order valence-electron chi connectivity index (χ1n) is 11.0. The summed E-state index contributed by atoms with van der Waals surface area (Å²) in [6.45, 7) is 7.19. The molecule has 0 saturated carbocycles. The molecule has 1 N–H and O–H groups in total. The topological polar surface area (TPSA) is 58.4 Å². The van der Waals surface area contributed by atoms with Gasteiger partial charge in [-0.3, -0.25) is 4.57 Å². The molecule has 0 atom stereocenters. The van der Waals surface area contributed by atoms with Crippen LogP contribution in [-0.2, 0) is 17.4 Å². The molecule has 0 unspecified atom stereocenters. The van der Waals surface area contributed by atoms with Crippen molar-refractivity contribution >= 4 is 17.0 Å². The Morgan fingerprint density at radius 3 is 2.11 bits per heavy atom. The molecule has 192 valence electrons. The number of hydrogen-bond donors (Lipinski definition) is 1. The molecule has 0 amide bonds. The van der Waals surface area contributed by atoms with E-state index in [4.69, 9.17) is 9.90 Å². The number of fused-ring (bicyclic) bond motifs is 1. The van der Waals surface area contributed by atoms with Crippen LogP contribution in [0.2, 0.25) is 0 Å². The van der Waals surface area contributed by atoms with E-state index in [1.165, 1.54) is 6.07 Å². The Hall–Kier alpha value is -3.08. The second-order valence-electron chi connectivity index (χ2n) is 7.74. The van der Waals surface area contributed by atoms with E-state index in [1.54, 1.807) is 6.33 Å². The zero-order valence-electron chi connectivity index (χ0n) is 19.3. The fraction of sp³-hybridized carbons (Fsp3) is 0.417. The van der Waals surface area contributed by atoms with Crippen molar-refractivity contribution in [3.8, 4) is 5.69 Å². The molecule has 3 aromatic rings. The molecule has 2 aromatic carbocycles. The maximum absolute atomic E-state index is 13.4. The van der Waals surface area contributed by atoms with E-state index in [9.17, 15) is 26.3 Å². The van der Waals surface area contributed by atoms with Gasteiger partial charge in [0.2, 0.25) is 0 Å². The minimum Gasteiger partial charge on any atom is -0.475 e. The summed E-state index contributed by atoms with van der Waals surface area (Å²) in [6.07, 6.45) is -5.45. The first-order chi connectivity index (χ1) is 16.4. The van der Waals surface area contributed by atoms with Gasteiger partial charge in [-0.25, -0.2) is 9.78 Å². The third-order valence-electron chi connectivity index (χ3n) is 5.39. The molecule has 0 bridgehead atoms. The number of aryl methyl sites for hydroxylation is 1. The van der Waals surface area contributed by atoms with Crippen molar-refractivity contribution in [3.63, 3.8) is 0 Å². The van der Waals surface area contributed by atoms with Crippen LogP contribution >= 0.6 is 0 Å². The molecule has 0 aliphatic carbocycles. The smallest absolute Gasteiger partial charge is 0.475 e. The van der Waals surface area contributed by atoms with E-state index in [0.29, 0.717) is 17.5 Å². The molecular weight excluding hydrogens is 476 g/mol. The SMILES string of the molecule is CCN(CC)CCCCc1cc(C(F)(F)F)cc2ncn(-c3ccccc3)c12.O=C(O)C(F)(F)F. The number of carboxylic acid groups (broad SMARTS) is 1. The van der Waals surface area contributed by atoms with Crippen molar-refractivity contribution in [2.45, 2.75) is 45.5 Å². The van der Waals surface area contributed by atoms with Gasteiger partial charge >= 0.3 is 18.3 Å². The van der Waals surface area contributed by atoms with E-state index in [0.717, 1.165) is 49.7 Å². The number of alkyl halides is 6. The lowest BCUT2D eigenvalue weighted by molar-refractivity contribution is -0.192. The molecule has 0 radical (unpaired) electrons. The van der Waals surface area contributed by atoms with E-state index >= 15 is 0 Å². The molecular formula is C24H27F6N3O2. The number of halogens is 6. The van der Waals surface area contributed by atoms with Gasteiger partial charge in [0, 0.05) is 5.69 Å². The highest BCUT2D eigenvalue weighted by atomic mass is 19.4. The van der Waals surface area contributed by atoms with Crippen molar-refractivity contribution < 1.29 is 36.2 Å². The number of carbonyl (C=O) groups is 1. The number of benzene rings is 2. The molecule has 0 aliphatic rings. The number of nitrogens with zero attached hydrogens (tertiary/aromatic N) is 3. The van der Waals surface area contributed by atoms with Crippen LogP contribution in [0.15, 0.2) is 48.8 Å². The van der Waals surface area contributed by atoms with Crippen LogP contribution in [0, 0.1) is 0 Å². The lowest BCUT2D eigenvalue weighted by Crippen LogP contribution is -2.23. The molecule has 1 heterocycles. The zero-order chi connectivity index (χ0) is 26.2. The number of rotatable bonds is 8. The van der Waals surface area contributed by atoms with Crippen LogP contribution in [0.4, 0.5) is 26.3 Å².